The van der Waals surface area contributed by atoms with Crippen molar-refractivity contribution in [3.63, 3.8) is 0 Å². The molecule has 0 saturated carbocycles. The Morgan fingerprint density at radius 2 is 2.05 bits per heavy atom. The van der Waals surface area contributed by atoms with Crippen LogP contribution in [0.4, 0.5) is 0 Å². The minimum Gasteiger partial charge on any atom is -0.467 e. The lowest BCUT2D eigenvalue weighted by Gasteiger charge is -2.16. The van der Waals surface area contributed by atoms with Crippen molar-refractivity contribution in [3.8, 4) is 0 Å². The summed E-state index contributed by atoms with van der Waals surface area (Å²) in [4.78, 5) is 14.7. The van der Waals surface area contributed by atoms with Gasteiger partial charge in [-0.3, -0.25) is 0 Å². The molecule has 21 heavy (non-hydrogen) atoms. The van der Waals surface area contributed by atoms with Crippen LogP contribution < -0.4 is 0 Å². The Labute approximate surface area is 122 Å². The molecule has 3 rings (SSSR count). The first kappa shape index (κ1) is 14.1. The molecule has 2 atom stereocenters. The summed E-state index contributed by atoms with van der Waals surface area (Å²) in [6, 6.07) is 5.46. The molecule has 5 heteroatoms. The van der Waals surface area contributed by atoms with E-state index in [4.69, 9.17) is 0 Å². The first-order valence-electron chi connectivity index (χ1n) is 7.19. The van der Waals surface area contributed by atoms with Crippen molar-refractivity contribution in [1.29, 1.82) is 0 Å². The van der Waals surface area contributed by atoms with Crippen molar-refractivity contribution in [3.05, 3.63) is 35.0 Å². The van der Waals surface area contributed by atoms with E-state index < -0.39 is 18.2 Å². The van der Waals surface area contributed by atoms with Gasteiger partial charge in [0.25, 0.3) is 0 Å². The van der Waals surface area contributed by atoms with Gasteiger partial charge < -0.3 is 19.9 Å². The van der Waals surface area contributed by atoms with Gasteiger partial charge in [-0.1, -0.05) is 6.07 Å². The summed E-state index contributed by atoms with van der Waals surface area (Å²) in [5.41, 5.74) is 4.10. The van der Waals surface area contributed by atoms with E-state index in [9.17, 15) is 15.0 Å². The molecule has 1 heterocycles. The fourth-order valence-corrected chi connectivity index (χ4v) is 3.04. The normalized spacial score (nSPS) is 17.3. The number of carbonyl (C=O) groups excluding carboxylic acids is 1. The molecule has 2 aromatic rings. The van der Waals surface area contributed by atoms with Crippen LogP contribution in [0.25, 0.3) is 10.9 Å². The van der Waals surface area contributed by atoms with Crippen LogP contribution in [0.5, 0.6) is 0 Å². The van der Waals surface area contributed by atoms with Crippen molar-refractivity contribution < 1.29 is 19.7 Å². The molecule has 5 nitrogen and oxygen atoms in total. The summed E-state index contributed by atoms with van der Waals surface area (Å²) < 4.78 is 4.46. The highest BCUT2D eigenvalue weighted by Crippen LogP contribution is 2.31. The molecule has 0 aliphatic heterocycles. The molecule has 1 aromatic carbocycles. The number of hydrogen-bond donors (Lipinski definition) is 3. The third-order valence-electron chi connectivity index (χ3n) is 4.21. The third-order valence-corrected chi connectivity index (χ3v) is 4.21. The second-order valence-corrected chi connectivity index (χ2v) is 5.51. The number of hydrogen-bond acceptors (Lipinski definition) is 4. The predicted octanol–water partition coefficient (Wildman–Crippen LogP) is 1.61. The number of esters is 1. The van der Waals surface area contributed by atoms with E-state index in [1.54, 1.807) is 6.07 Å². The summed E-state index contributed by atoms with van der Waals surface area (Å²) in [5, 5.41) is 21.0. The van der Waals surface area contributed by atoms with Crippen molar-refractivity contribution >= 4 is 16.9 Å². The highest BCUT2D eigenvalue weighted by molar-refractivity contribution is 5.86. The minimum atomic E-state index is -1.57. The molecule has 112 valence electrons. The van der Waals surface area contributed by atoms with Crippen molar-refractivity contribution in [2.45, 2.75) is 37.9 Å². The number of H-pyrrole nitrogens is 1. The molecule has 1 aliphatic carbocycles. The SMILES string of the molecule is COC(=O)C(O)C(O)c1ccc2[nH]c3c(c2c1)CCCC3. The number of aliphatic hydroxyl groups is 2. The van der Waals surface area contributed by atoms with Gasteiger partial charge in [0, 0.05) is 16.6 Å². The lowest BCUT2D eigenvalue weighted by atomic mass is 9.94. The van der Waals surface area contributed by atoms with Crippen LogP contribution in [-0.4, -0.2) is 34.4 Å². The minimum absolute atomic E-state index is 0.521. The van der Waals surface area contributed by atoms with Crippen LogP contribution in [0.15, 0.2) is 18.2 Å². The van der Waals surface area contributed by atoms with Gasteiger partial charge in [-0.25, -0.2) is 4.79 Å². The van der Waals surface area contributed by atoms with Crippen molar-refractivity contribution in [2.75, 3.05) is 7.11 Å². The number of aliphatic hydroxyl groups excluding tert-OH is 2. The highest BCUT2D eigenvalue weighted by atomic mass is 16.5. The molecule has 3 N–H and O–H groups in total. The molecule has 0 saturated heterocycles. The van der Waals surface area contributed by atoms with Crippen LogP contribution in [0, 0.1) is 0 Å². The molecule has 1 aliphatic rings. The average molecular weight is 289 g/mol. The smallest absolute Gasteiger partial charge is 0.337 e. The predicted molar refractivity (Wildman–Crippen MR) is 77.9 cm³/mol. The van der Waals surface area contributed by atoms with E-state index in [0.29, 0.717) is 5.56 Å². The number of fused-ring (bicyclic) bond motifs is 3. The van der Waals surface area contributed by atoms with E-state index in [1.807, 2.05) is 12.1 Å². The van der Waals surface area contributed by atoms with E-state index >= 15 is 0 Å². The van der Waals surface area contributed by atoms with E-state index in [1.165, 1.54) is 24.8 Å². The lowest BCUT2D eigenvalue weighted by molar-refractivity contribution is -0.156. The Hall–Kier alpha value is -1.85. The number of aromatic amines is 1. The zero-order valence-corrected chi connectivity index (χ0v) is 11.9. The lowest BCUT2D eigenvalue weighted by Crippen LogP contribution is -2.29. The molecule has 0 bridgehead atoms. The second kappa shape index (κ2) is 5.50. The fraction of sp³-hybridized carbons (Fsp3) is 0.438. The molecule has 1 aromatic heterocycles. The first-order valence-corrected chi connectivity index (χ1v) is 7.19. The van der Waals surface area contributed by atoms with Gasteiger partial charge >= 0.3 is 5.97 Å². The Bertz CT molecular complexity index is 676. The van der Waals surface area contributed by atoms with Crippen LogP contribution in [0.3, 0.4) is 0 Å². The van der Waals surface area contributed by atoms with Crippen LogP contribution in [0.2, 0.25) is 0 Å². The van der Waals surface area contributed by atoms with E-state index in [0.717, 1.165) is 30.2 Å². The number of aromatic nitrogens is 1. The average Bonchev–Trinajstić information content (AvgIpc) is 2.90. The summed E-state index contributed by atoms with van der Waals surface area (Å²) >= 11 is 0. The zero-order chi connectivity index (χ0) is 15.0. The number of nitrogens with one attached hydrogen (secondary N) is 1. The topological polar surface area (TPSA) is 82.6 Å². The Morgan fingerprint density at radius 1 is 1.29 bits per heavy atom. The van der Waals surface area contributed by atoms with Crippen LogP contribution in [0.1, 0.15) is 35.8 Å². The quantitative estimate of drug-likeness (QED) is 0.750. The molecule has 0 spiro atoms. The number of carbonyl (C=O) groups is 1. The maximum absolute atomic E-state index is 11.3. The monoisotopic (exact) mass is 289 g/mol. The number of benzene rings is 1. The Morgan fingerprint density at radius 3 is 2.81 bits per heavy atom. The van der Waals surface area contributed by atoms with Gasteiger partial charge in [-0.05, 0) is 48.9 Å². The number of aryl methyl sites for hydroxylation is 2. The second-order valence-electron chi connectivity index (χ2n) is 5.51. The van der Waals surface area contributed by atoms with Gasteiger partial charge in [0.1, 0.15) is 6.10 Å². The number of rotatable bonds is 3. The van der Waals surface area contributed by atoms with E-state index in [-0.39, 0.29) is 0 Å². The zero-order valence-electron chi connectivity index (χ0n) is 11.9. The molecule has 0 amide bonds. The Kier molecular flexibility index (Phi) is 3.69. The fourth-order valence-electron chi connectivity index (χ4n) is 3.04. The summed E-state index contributed by atoms with van der Waals surface area (Å²) in [5.74, 6) is -0.835. The maximum atomic E-state index is 11.3. The van der Waals surface area contributed by atoms with Crippen molar-refractivity contribution in [2.24, 2.45) is 0 Å². The summed E-state index contributed by atoms with van der Waals surface area (Å²) in [6.45, 7) is 0. The molecule has 0 fully saturated rings. The number of ether oxygens (including phenoxy) is 1. The summed E-state index contributed by atoms with van der Waals surface area (Å²) in [6.07, 6.45) is 1.58. The molecule has 0 radical (unpaired) electrons. The van der Waals surface area contributed by atoms with E-state index in [2.05, 4.69) is 9.72 Å². The standard InChI is InChI=1S/C16H19NO4/c1-21-16(20)15(19)14(18)9-6-7-13-11(8-9)10-4-2-3-5-12(10)17-13/h6-8,14-15,17-19H,2-5H2,1H3. The third kappa shape index (κ3) is 2.43. The largest absolute Gasteiger partial charge is 0.467 e. The maximum Gasteiger partial charge on any atom is 0.337 e. The van der Waals surface area contributed by atoms with Gasteiger partial charge in [0.15, 0.2) is 6.10 Å². The highest BCUT2D eigenvalue weighted by Gasteiger charge is 2.27. The van der Waals surface area contributed by atoms with Gasteiger partial charge in [0.05, 0.1) is 7.11 Å². The first-order chi connectivity index (χ1) is 10.1. The molecule has 2 unspecified atom stereocenters. The van der Waals surface area contributed by atoms with Gasteiger partial charge in [-0.15, -0.1) is 0 Å². The van der Waals surface area contributed by atoms with Crippen molar-refractivity contribution in [1.82, 2.24) is 4.98 Å². The van der Waals surface area contributed by atoms with Crippen LogP contribution in [-0.2, 0) is 22.4 Å². The summed E-state index contributed by atoms with van der Waals surface area (Å²) in [7, 11) is 1.18. The Balaban J connectivity index is 1.98. The van der Waals surface area contributed by atoms with Crippen LogP contribution >= 0.6 is 0 Å². The van der Waals surface area contributed by atoms with Gasteiger partial charge in [0.2, 0.25) is 0 Å². The molecular weight excluding hydrogens is 270 g/mol. The van der Waals surface area contributed by atoms with Gasteiger partial charge in [-0.2, -0.15) is 0 Å². The molecular formula is C16H19NO4. The number of methoxy groups -OCH3 is 1.